The molecule has 0 aliphatic rings. The fourth-order valence-electron chi connectivity index (χ4n) is 1.94. The Bertz CT molecular complexity index is 515. The zero-order chi connectivity index (χ0) is 13.7. The molecule has 0 saturated carbocycles. The Labute approximate surface area is 112 Å². The van der Waals surface area contributed by atoms with E-state index >= 15 is 0 Å². The Kier molecular flexibility index (Phi) is 4.33. The number of aromatic nitrogens is 4. The van der Waals surface area contributed by atoms with Crippen LogP contribution in [0.1, 0.15) is 42.6 Å². The minimum atomic E-state index is -0.0312. The fraction of sp³-hybridized carbons (Fsp3) is 0.462. The van der Waals surface area contributed by atoms with Crippen LogP contribution in [0.15, 0.2) is 24.7 Å². The smallest absolute Gasteiger partial charge is 0.267 e. The van der Waals surface area contributed by atoms with E-state index < -0.39 is 0 Å². The highest BCUT2D eigenvalue weighted by Crippen LogP contribution is 2.10. The van der Waals surface area contributed by atoms with Crippen LogP contribution in [0.3, 0.4) is 0 Å². The number of aryl methyl sites for hydroxylation is 1. The lowest BCUT2D eigenvalue weighted by atomic mass is 10.3. The van der Waals surface area contributed by atoms with Crippen LogP contribution in [0.2, 0.25) is 0 Å². The van der Waals surface area contributed by atoms with Crippen molar-refractivity contribution in [2.45, 2.75) is 32.7 Å². The minimum absolute atomic E-state index is 0.0312. The Morgan fingerprint density at radius 2 is 2.37 bits per heavy atom. The van der Waals surface area contributed by atoms with Crippen molar-refractivity contribution in [3.05, 3.63) is 36.2 Å². The number of hydrogen-bond acceptors (Lipinski definition) is 3. The summed E-state index contributed by atoms with van der Waals surface area (Å²) in [7, 11) is 0. The predicted molar refractivity (Wildman–Crippen MR) is 71.9 cm³/mol. The summed E-state index contributed by atoms with van der Waals surface area (Å²) >= 11 is 0. The average Bonchev–Trinajstić information content (AvgIpc) is 3.04. The second-order valence-corrected chi connectivity index (χ2v) is 4.69. The molecule has 1 amide bonds. The monoisotopic (exact) mass is 261 g/mol. The van der Waals surface area contributed by atoms with Crippen LogP contribution in [0.4, 0.5) is 0 Å². The van der Waals surface area contributed by atoms with E-state index in [2.05, 4.69) is 34.3 Å². The van der Waals surface area contributed by atoms with Crippen molar-refractivity contribution in [3.63, 3.8) is 0 Å². The van der Waals surface area contributed by atoms with E-state index in [4.69, 9.17) is 0 Å². The molecule has 2 rings (SSSR count). The molecule has 2 N–H and O–H groups in total. The van der Waals surface area contributed by atoms with Crippen LogP contribution >= 0.6 is 0 Å². The van der Waals surface area contributed by atoms with Gasteiger partial charge in [-0.2, -0.15) is 5.10 Å². The number of hydrogen-bond donors (Lipinski definition) is 2. The SMILES string of the molecule is CC(C)n1cccc1C(=O)NCCCc1ncn[nH]1. The van der Waals surface area contributed by atoms with Gasteiger partial charge in [-0.15, -0.1) is 0 Å². The predicted octanol–water partition coefficient (Wildman–Crippen LogP) is 1.55. The van der Waals surface area contributed by atoms with Gasteiger partial charge in [0.1, 0.15) is 17.8 Å². The standard InChI is InChI=1S/C13H19N5O/c1-10(2)18-8-4-5-11(18)13(19)14-7-3-6-12-15-9-16-17-12/h4-5,8-10H,3,6-7H2,1-2H3,(H,14,19)(H,15,16,17). The summed E-state index contributed by atoms with van der Waals surface area (Å²) in [5.74, 6) is 0.816. The molecule has 0 aliphatic carbocycles. The molecule has 2 heterocycles. The first kappa shape index (κ1) is 13.3. The molecule has 2 aromatic rings. The van der Waals surface area contributed by atoms with E-state index in [1.807, 2.05) is 22.9 Å². The van der Waals surface area contributed by atoms with E-state index in [0.717, 1.165) is 18.7 Å². The molecule has 0 aliphatic heterocycles. The minimum Gasteiger partial charge on any atom is -0.351 e. The lowest BCUT2D eigenvalue weighted by Crippen LogP contribution is -2.27. The highest BCUT2D eigenvalue weighted by Gasteiger charge is 2.11. The molecule has 0 fully saturated rings. The van der Waals surface area contributed by atoms with Gasteiger partial charge >= 0.3 is 0 Å². The largest absolute Gasteiger partial charge is 0.351 e. The van der Waals surface area contributed by atoms with Gasteiger partial charge in [0.2, 0.25) is 0 Å². The molecule has 102 valence electrons. The van der Waals surface area contributed by atoms with Crippen LogP contribution in [0, 0.1) is 0 Å². The number of aromatic amines is 1. The van der Waals surface area contributed by atoms with Gasteiger partial charge < -0.3 is 9.88 Å². The van der Waals surface area contributed by atoms with Crippen molar-refractivity contribution in [2.24, 2.45) is 0 Å². The number of rotatable bonds is 6. The van der Waals surface area contributed by atoms with Gasteiger partial charge in [-0.05, 0) is 32.4 Å². The Hall–Kier alpha value is -2.11. The normalized spacial score (nSPS) is 10.9. The van der Waals surface area contributed by atoms with Crippen LogP contribution in [-0.2, 0) is 6.42 Å². The second kappa shape index (κ2) is 6.17. The molecular formula is C13H19N5O. The van der Waals surface area contributed by atoms with Crippen molar-refractivity contribution in [3.8, 4) is 0 Å². The first-order chi connectivity index (χ1) is 9.18. The maximum absolute atomic E-state index is 12.0. The molecule has 2 aromatic heterocycles. The first-order valence-corrected chi connectivity index (χ1v) is 6.47. The third kappa shape index (κ3) is 3.43. The summed E-state index contributed by atoms with van der Waals surface area (Å²) < 4.78 is 1.96. The zero-order valence-corrected chi connectivity index (χ0v) is 11.3. The van der Waals surface area contributed by atoms with Crippen molar-refractivity contribution in [2.75, 3.05) is 6.54 Å². The van der Waals surface area contributed by atoms with Crippen LogP contribution < -0.4 is 5.32 Å². The summed E-state index contributed by atoms with van der Waals surface area (Å²) in [5, 5.41) is 9.50. The van der Waals surface area contributed by atoms with Crippen molar-refractivity contribution in [1.82, 2.24) is 25.1 Å². The molecule has 6 nitrogen and oxygen atoms in total. The van der Waals surface area contributed by atoms with Gasteiger partial charge in [-0.1, -0.05) is 0 Å². The van der Waals surface area contributed by atoms with E-state index in [1.165, 1.54) is 6.33 Å². The van der Waals surface area contributed by atoms with Crippen LogP contribution in [0.25, 0.3) is 0 Å². The number of amides is 1. The molecule has 0 atom stereocenters. The molecule has 6 heteroatoms. The zero-order valence-electron chi connectivity index (χ0n) is 11.3. The van der Waals surface area contributed by atoms with Crippen molar-refractivity contribution in [1.29, 1.82) is 0 Å². The number of carbonyl (C=O) groups excluding carboxylic acids is 1. The Balaban J connectivity index is 1.79. The lowest BCUT2D eigenvalue weighted by Gasteiger charge is -2.12. The Morgan fingerprint density at radius 1 is 1.53 bits per heavy atom. The second-order valence-electron chi connectivity index (χ2n) is 4.69. The maximum atomic E-state index is 12.0. The summed E-state index contributed by atoms with van der Waals surface area (Å²) in [5.41, 5.74) is 0.703. The molecule has 0 aromatic carbocycles. The summed E-state index contributed by atoms with van der Waals surface area (Å²) in [6.07, 6.45) is 5.03. The summed E-state index contributed by atoms with van der Waals surface area (Å²) in [6.45, 7) is 4.74. The number of carbonyl (C=O) groups is 1. The van der Waals surface area contributed by atoms with E-state index in [-0.39, 0.29) is 11.9 Å². The van der Waals surface area contributed by atoms with E-state index in [0.29, 0.717) is 12.2 Å². The van der Waals surface area contributed by atoms with Gasteiger partial charge in [-0.3, -0.25) is 9.89 Å². The van der Waals surface area contributed by atoms with E-state index in [9.17, 15) is 4.79 Å². The summed E-state index contributed by atoms with van der Waals surface area (Å²) in [4.78, 5) is 16.1. The first-order valence-electron chi connectivity index (χ1n) is 6.47. The molecule has 0 radical (unpaired) electrons. The van der Waals surface area contributed by atoms with Gasteiger partial charge in [0, 0.05) is 25.2 Å². The number of H-pyrrole nitrogens is 1. The van der Waals surface area contributed by atoms with Gasteiger partial charge in [0.25, 0.3) is 5.91 Å². The van der Waals surface area contributed by atoms with E-state index in [1.54, 1.807) is 0 Å². The third-order valence-corrected chi connectivity index (χ3v) is 2.91. The molecule has 0 unspecified atom stereocenters. The fourth-order valence-corrected chi connectivity index (χ4v) is 1.94. The molecule has 19 heavy (non-hydrogen) atoms. The Morgan fingerprint density at radius 3 is 3.05 bits per heavy atom. The lowest BCUT2D eigenvalue weighted by molar-refractivity contribution is 0.0942. The average molecular weight is 261 g/mol. The molecule has 0 spiro atoms. The van der Waals surface area contributed by atoms with Crippen molar-refractivity contribution < 1.29 is 4.79 Å². The van der Waals surface area contributed by atoms with Gasteiger partial charge in [0.05, 0.1) is 0 Å². The molecule has 0 bridgehead atoms. The maximum Gasteiger partial charge on any atom is 0.267 e. The van der Waals surface area contributed by atoms with Gasteiger partial charge in [0.15, 0.2) is 0 Å². The quantitative estimate of drug-likeness (QED) is 0.775. The summed E-state index contributed by atoms with van der Waals surface area (Å²) in [6, 6.07) is 4.01. The highest BCUT2D eigenvalue weighted by atomic mass is 16.1. The number of nitrogens with one attached hydrogen (secondary N) is 2. The third-order valence-electron chi connectivity index (χ3n) is 2.91. The van der Waals surface area contributed by atoms with Gasteiger partial charge in [-0.25, -0.2) is 4.98 Å². The number of nitrogens with zero attached hydrogens (tertiary/aromatic N) is 3. The highest BCUT2D eigenvalue weighted by molar-refractivity contribution is 5.92. The van der Waals surface area contributed by atoms with Crippen LogP contribution in [0.5, 0.6) is 0 Å². The van der Waals surface area contributed by atoms with Crippen LogP contribution in [-0.4, -0.2) is 32.2 Å². The molecular weight excluding hydrogens is 242 g/mol. The topological polar surface area (TPSA) is 75.6 Å². The van der Waals surface area contributed by atoms with Crippen molar-refractivity contribution >= 4 is 5.91 Å². The molecule has 0 saturated heterocycles.